The largest absolute Gasteiger partial charge is 0.405 e. The maximum absolute atomic E-state index is 14.0. The van der Waals surface area contributed by atoms with Crippen molar-refractivity contribution in [3.05, 3.63) is 59.4 Å². The number of alkyl halides is 3. The molecule has 1 aliphatic heterocycles. The Bertz CT molecular complexity index is 1020. The Kier molecular flexibility index (Phi) is 6.28. The molecular formula is C21H19F4N3O3. The lowest BCUT2D eigenvalue weighted by molar-refractivity contribution is -0.123. The topological polar surface area (TPSA) is 78.5 Å². The number of hydrogen-bond donors (Lipinski definition) is 2. The van der Waals surface area contributed by atoms with E-state index in [1.165, 1.54) is 41.3 Å². The van der Waals surface area contributed by atoms with Crippen molar-refractivity contribution in [2.75, 3.05) is 23.3 Å². The number of halogens is 4. The van der Waals surface area contributed by atoms with Crippen molar-refractivity contribution in [2.45, 2.75) is 19.5 Å². The van der Waals surface area contributed by atoms with Crippen molar-refractivity contribution in [1.29, 1.82) is 0 Å². The lowest BCUT2D eigenvalue weighted by atomic mass is 10.1. The summed E-state index contributed by atoms with van der Waals surface area (Å²) < 4.78 is 50.9. The number of amides is 3. The highest BCUT2D eigenvalue weighted by molar-refractivity contribution is 6.04. The molecule has 10 heteroatoms. The number of benzene rings is 2. The normalized spacial score (nSPS) is 16.4. The third-order valence-corrected chi connectivity index (χ3v) is 4.85. The maximum atomic E-state index is 14.0. The minimum Gasteiger partial charge on any atom is -0.343 e. The van der Waals surface area contributed by atoms with E-state index in [-0.39, 0.29) is 29.9 Å². The molecule has 1 atom stereocenters. The number of aryl methyl sites for hydroxylation is 1. The zero-order valence-electron chi connectivity index (χ0n) is 16.4. The first-order valence-electron chi connectivity index (χ1n) is 9.36. The van der Waals surface area contributed by atoms with E-state index in [0.29, 0.717) is 5.56 Å². The standard InChI is InChI=1S/C21H19F4N3O3/c1-12-6-7-13(19(30)26-11-21(23,24)25)8-16(12)27-20(31)14-9-18(29)28(10-14)17-5-3-2-4-15(17)22/h2-8,14H,9-11H2,1H3,(H,26,30)(H,27,31). The molecular weight excluding hydrogens is 418 g/mol. The van der Waals surface area contributed by atoms with Crippen LogP contribution in [0.25, 0.3) is 0 Å². The van der Waals surface area contributed by atoms with Gasteiger partial charge < -0.3 is 15.5 Å². The summed E-state index contributed by atoms with van der Waals surface area (Å²) >= 11 is 0. The predicted octanol–water partition coefficient (Wildman–Crippen LogP) is 3.42. The lowest BCUT2D eigenvalue weighted by Crippen LogP contribution is -2.33. The van der Waals surface area contributed by atoms with E-state index in [0.717, 1.165) is 0 Å². The van der Waals surface area contributed by atoms with Crippen LogP contribution in [-0.4, -0.2) is 37.0 Å². The van der Waals surface area contributed by atoms with E-state index in [1.54, 1.807) is 18.3 Å². The first kappa shape index (κ1) is 22.3. The van der Waals surface area contributed by atoms with Gasteiger partial charge >= 0.3 is 6.18 Å². The Labute approximate surface area is 175 Å². The second kappa shape index (κ2) is 8.75. The molecule has 0 aliphatic carbocycles. The molecule has 31 heavy (non-hydrogen) atoms. The monoisotopic (exact) mass is 437 g/mol. The molecule has 2 aromatic rings. The van der Waals surface area contributed by atoms with Gasteiger partial charge in [0.1, 0.15) is 12.4 Å². The fraction of sp³-hybridized carbons (Fsp3) is 0.286. The molecule has 3 amide bonds. The van der Waals surface area contributed by atoms with Crippen LogP contribution in [0, 0.1) is 18.7 Å². The van der Waals surface area contributed by atoms with E-state index in [9.17, 15) is 31.9 Å². The van der Waals surface area contributed by atoms with E-state index >= 15 is 0 Å². The summed E-state index contributed by atoms with van der Waals surface area (Å²) in [5.41, 5.74) is 0.848. The van der Waals surface area contributed by atoms with Crippen LogP contribution in [0.5, 0.6) is 0 Å². The molecule has 2 N–H and O–H groups in total. The third kappa shape index (κ3) is 5.39. The summed E-state index contributed by atoms with van der Waals surface area (Å²) in [6.45, 7) is 0.159. The molecule has 1 heterocycles. The van der Waals surface area contributed by atoms with Gasteiger partial charge in [-0.2, -0.15) is 13.2 Å². The maximum Gasteiger partial charge on any atom is 0.405 e. The zero-order chi connectivity index (χ0) is 22.8. The summed E-state index contributed by atoms with van der Waals surface area (Å²) in [5, 5.41) is 4.38. The Hall–Kier alpha value is -3.43. The minimum absolute atomic E-state index is 0.0175. The molecule has 0 aromatic heterocycles. The molecule has 0 radical (unpaired) electrons. The second-order valence-electron chi connectivity index (χ2n) is 7.17. The van der Waals surface area contributed by atoms with Crippen LogP contribution < -0.4 is 15.5 Å². The Morgan fingerprint density at radius 1 is 1.16 bits per heavy atom. The molecule has 1 saturated heterocycles. The fourth-order valence-corrected chi connectivity index (χ4v) is 3.20. The summed E-state index contributed by atoms with van der Waals surface area (Å²) in [6.07, 6.45) is -4.67. The third-order valence-electron chi connectivity index (χ3n) is 4.85. The fourth-order valence-electron chi connectivity index (χ4n) is 3.20. The van der Waals surface area contributed by atoms with Crippen LogP contribution in [-0.2, 0) is 9.59 Å². The van der Waals surface area contributed by atoms with Gasteiger partial charge in [-0.25, -0.2) is 4.39 Å². The van der Waals surface area contributed by atoms with Crippen LogP contribution in [0.2, 0.25) is 0 Å². The van der Waals surface area contributed by atoms with E-state index in [1.807, 2.05) is 0 Å². The van der Waals surface area contributed by atoms with Crippen LogP contribution in [0.4, 0.5) is 28.9 Å². The van der Waals surface area contributed by atoms with Crippen LogP contribution in [0.3, 0.4) is 0 Å². The van der Waals surface area contributed by atoms with Gasteiger partial charge in [0.2, 0.25) is 11.8 Å². The number of para-hydroxylation sites is 1. The molecule has 0 spiro atoms. The summed E-state index contributed by atoms with van der Waals surface area (Å²) in [7, 11) is 0. The number of hydrogen-bond acceptors (Lipinski definition) is 3. The SMILES string of the molecule is Cc1ccc(C(=O)NCC(F)(F)F)cc1NC(=O)C1CC(=O)N(c2ccccc2F)C1. The Morgan fingerprint density at radius 2 is 1.87 bits per heavy atom. The highest BCUT2D eigenvalue weighted by atomic mass is 19.4. The average Bonchev–Trinajstić information content (AvgIpc) is 3.09. The van der Waals surface area contributed by atoms with Crippen LogP contribution >= 0.6 is 0 Å². The minimum atomic E-state index is -4.55. The lowest BCUT2D eigenvalue weighted by Gasteiger charge is -2.17. The second-order valence-corrected chi connectivity index (χ2v) is 7.17. The van der Waals surface area contributed by atoms with Crippen molar-refractivity contribution < 1.29 is 31.9 Å². The predicted molar refractivity (Wildman–Crippen MR) is 105 cm³/mol. The summed E-state index contributed by atoms with van der Waals surface area (Å²) in [4.78, 5) is 38.1. The Balaban J connectivity index is 1.70. The number of carbonyl (C=O) groups is 3. The molecule has 0 saturated carbocycles. The number of nitrogens with one attached hydrogen (secondary N) is 2. The molecule has 1 unspecified atom stereocenters. The molecule has 6 nitrogen and oxygen atoms in total. The van der Waals surface area contributed by atoms with Crippen molar-refractivity contribution >= 4 is 29.1 Å². The average molecular weight is 437 g/mol. The number of nitrogens with zero attached hydrogens (tertiary/aromatic N) is 1. The smallest absolute Gasteiger partial charge is 0.343 e. The summed E-state index contributed by atoms with van der Waals surface area (Å²) in [5.74, 6) is -3.18. The van der Waals surface area contributed by atoms with Gasteiger partial charge in [0, 0.05) is 24.2 Å². The highest BCUT2D eigenvalue weighted by Gasteiger charge is 2.36. The first-order chi connectivity index (χ1) is 14.5. The molecule has 1 aliphatic rings. The first-order valence-corrected chi connectivity index (χ1v) is 9.36. The van der Waals surface area contributed by atoms with Crippen molar-refractivity contribution in [2.24, 2.45) is 5.92 Å². The molecule has 164 valence electrons. The van der Waals surface area contributed by atoms with Crippen molar-refractivity contribution in [1.82, 2.24) is 5.32 Å². The number of rotatable bonds is 5. The zero-order valence-corrected chi connectivity index (χ0v) is 16.4. The van der Waals surface area contributed by atoms with E-state index in [4.69, 9.17) is 0 Å². The Morgan fingerprint density at radius 3 is 2.55 bits per heavy atom. The number of anilines is 2. The van der Waals surface area contributed by atoms with Gasteiger partial charge in [0.25, 0.3) is 5.91 Å². The highest BCUT2D eigenvalue weighted by Crippen LogP contribution is 2.28. The summed E-state index contributed by atoms with van der Waals surface area (Å²) in [6, 6.07) is 9.83. The van der Waals surface area contributed by atoms with Gasteiger partial charge in [-0.05, 0) is 36.8 Å². The number of carbonyl (C=O) groups excluding carboxylic acids is 3. The molecule has 0 bridgehead atoms. The van der Waals surface area contributed by atoms with Crippen molar-refractivity contribution in [3.63, 3.8) is 0 Å². The van der Waals surface area contributed by atoms with E-state index < -0.39 is 42.2 Å². The van der Waals surface area contributed by atoms with Gasteiger partial charge in [-0.3, -0.25) is 14.4 Å². The van der Waals surface area contributed by atoms with Crippen molar-refractivity contribution in [3.8, 4) is 0 Å². The van der Waals surface area contributed by atoms with Gasteiger partial charge in [-0.1, -0.05) is 18.2 Å². The molecule has 2 aromatic carbocycles. The van der Waals surface area contributed by atoms with E-state index in [2.05, 4.69) is 5.32 Å². The van der Waals surface area contributed by atoms with Gasteiger partial charge in [-0.15, -0.1) is 0 Å². The van der Waals surface area contributed by atoms with Crippen LogP contribution in [0.1, 0.15) is 22.3 Å². The van der Waals surface area contributed by atoms with Gasteiger partial charge in [0.15, 0.2) is 0 Å². The van der Waals surface area contributed by atoms with Gasteiger partial charge in [0.05, 0.1) is 11.6 Å². The molecule has 1 fully saturated rings. The quantitative estimate of drug-likeness (QED) is 0.704. The molecule has 3 rings (SSSR count). The van der Waals surface area contributed by atoms with Crippen LogP contribution in [0.15, 0.2) is 42.5 Å².